The van der Waals surface area contributed by atoms with E-state index in [1.807, 2.05) is 17.5 Å². The normalized spacial score (nSPS) is 10.9. The van der Waals surface area contributed by atoms with Gasteiger partial charge in [0.1, 0.15) is 0 Å². The molecule has 0 radical (unpaired) electrons. The zero-order valence-corrected chi connectivity index (χ0v) is 13.7. The second-order valence-corrected chi connectivity index (χ2v) is 6.16. The van der Waals surface area contributed by atoms with Crippen molar-refractivity contribution in [1.82, 2.24) is 24.7 Å². The Kier molecular flexibility index (Phi) is 3.55. The fourth-order valence-corrected chi connectivity index (χ4v) is 3.10. The molecule has 7 heteroatoms. The maximum absolute atomic E-state index is 6.02. The molecule has 0 fully saturated rings. The minimum atomic E-state index is 0.312. The van der Waals surface area contributed by atoms with Gasteiger partial charge in [-0.2, -0.15) is 9.67 Å². The monoisotopic (exact) mass is 334 g/mol. The molecule has 0 spiro atoms. The summed E-state index contributed by atoms with van der Waals surface area (Å²) in [5.41, 5.74) is 10.1. The number of aryl methyl sites for hydroxylation is 1. The van der Waals surface area contributed by atoms with Crippen molar-refractivity contribution >= 4 is 17.3 Å². The van der Waals surface area contributed by atoms with E-state index in [1.165, 1.54) is 16.9 Å². The summed E-state index contributed by atoms with van der Waals surface area (Å²) in [4.78, 5) is 13.0. The van der Waals surface area contributed by atoms with Gasteiger partial charge < -0.3 is 5.73 Å². The van der Waals surface area contributed by atoms with Gasteiger partial charge in [-0.25, -0.2) is 4.98 Å². The zero-order chi connectivity index (χ0) is 16.5. The third kappa shape index (κ3) is 2.65. The van der Waals surface area contributed by atoms with Crippen molar-refractivity contribution in [1.29, 1.82) is 0 Å². The smallest absolute Gasteiger partial charge is 0.226 e. The van der Waals surface area contributed by atoms with Gasteiger partial charge in [0, 0.05) is 28.9 Å². The number of anilines is 1. The minimum absolute atomic E-state index is 0.312. The summed E-state index contributed by atoms with van der Waals surface area (Å²) >= 11 is 1.48. The molecule has 0 bridgehead atoms. The van der Waals surface area contributed by atoms with Crippen molar-refractivity contribution in [2.24, 2.45) is 0 Å². The Morgan fingerprint density at radius 1 is 0.958 bits per heavy atom. The lowest BCUT2D eigenvalue weighted by atomic mass is 10.1. The summed E-state index contributed by atoms with van der Waals surface area (Å²) in [5.74, 6) is 0.869. The van der Waals surface area contributed by atoms with Crippen LogP contribution in [0.15, 0.2) is 54.2 Å². The van der Waals surface area contributed by atoms with Crippen molar-refractivity contribution in [3.8, 4) is 27.8 Å². The number of hydrogen-bond acceptors (Lipinski definition) is 6. The van der Waals surface area contributed by atoms with E-state index < -0.39 is 0 Å². The SMILES string of the molecule is Cc1ccc(-c2csc(-n3nc(-c4ccncc4)nc3N)n2)cc1. The van der Waals surface area contributed by atoms with Gasteiger partial charge in [-0.3, -0.25) is 4.98 Å². The predicted molar refractivity (Wildman–Crippen MR) is 94.8 cm³/mol. The molecule has 0 aliphatic carbocycles. The second-order valence-electron chi connectivity index (χ2n) is 5.32. The lowest BCUT2D eigenvalue weighted by molar-refractivity contribution is 0.883. The van der Waals surface area contributed by atoms with Crippen LogP contribution in [0, 0.1) is 6.92 Å². The maximum Gasteiger partial charge on any atom is 0.226 e. The summed E-state index contributed by atoms with van der Waals surface area (Å²) < 4.78 is 1.57. The molecule has 0 saturated heterocycles. The van der Waals surface area contributed by atoms with Crippen LogP contribution in [0.1, 0.15) is 5.56 Å². The minimum Gasteiger partial charge on any atom is -0.368 e. The number of nitrogens with two attached hydrogens (primary N) is 1. The molecule has 0 unspecified atom stereocenters. The van der Waals surface area contributed by atoms with Gasteiger partial charge in [0.2, 0.25) is 11.1 Å². The Labute approximate surface area is 142 Å². The first kappa shape index (κ1) is 14.5. The summed E-state index contributed by atoms with van der Waals surface area (Å²) in [6, 6.07) is 11.9. The summed E-state index contributed by atoms with van der Waals surface area (Å²) in [6.45, 7) is 2.06. The van der Waals surface area contributed by atoms with Gasteiger partial charge in [0.25, 0.3) is 0 Å². The van der Waals surface area contributed by atoms with Gasteiger partial charge in [0.05, 0.1) is 5.69 Å². The van der Waals surface area contributed by atoms with Crippen LogP contribution < -0.4 is 5.73 Å². The van der Waals surface area contributed by atoms with Crippen LogP contribution in [-0.4, -0.2) is 24.7 Å². The van der Waals surface area contributed by atoms with E-state index in [9.17, 15) is 0 Å². The van der Waals surface area contributed by atoms with Crippen LogP contribution in [0.3, 0.4) is 0 Å². The third-order valence-electron chi connectivity index (χ3n) is 3.59. The van der Waals surface area contributed by atoms with E-state index in [0.29, 0.717) is 16.9 Å². The fourth-order valence-electron chi connectivity index (χ4n) is 2.31. The quantitative estimate of drug-likeness (QED) is 0.621. The number of pyridine rings is 1. The highest BCUT2D eigenvalue weighted by molar-refractivity contribution is 7.12. The highest BCUT2D eigenvalue weighted by Gasteiger charge is 2.14. The van der Waals surface area contributed by atoms with E-state index >= 15 is 0 Å². The number of aromatic nitrogens is 5. The van der Waals surface area contributed by atoms with E-state index in [1.54, 1.807) is 17.1 Å². The number of thiazole rings is 1. The molecule has 118 valence electrons. The Bertz CT molecular complexity index is 972. The molecule has 0 atom stereocenters. The van der Waals surface area contributed by atoms with Crippen molar-refractivity contribution < 1.29 is 0 Å². The topological polar surface area (TPSA) is 82.5 Å². The predicted octanol–water partition coefficient (Wildman–Crippen LogP) is 3.34. The van der Waals surface area contributed by atoms with Gasteiger partial charge >= 0.3 is 0 Å². The average molecular weight is 334 g/mol. The molecule has 0 saturated carbocycles. The highest BCUT2D eigenvalue weighted by Crippen LogP contribution is 2.26. The molecule has 0 aliphatic rings. The number of nitrogens with zero attached hydrogens (tertiary/aromatic N) is 5. The average Bonchev–Trinajstić information content (AvgIpc) is 3.23. The maximum atomic E-state index is 6.02. The standard InChI is InChI=1S/C17H14N6S/c1-11-2-4-12(5-3-11)14-10-24-17(20-14)23-16(18)21-15(22-23)13-6-8-19-9-7-13/h2-10H,1H3,(H2,18,21,22). The molecule has 24 heavy (non-hydrogen) atoms. The molecule has 2 N–H and O–H groups in total. The first-order valence-electron chi connectivity index (χ1n) is 7.36. The molecule has 6 nitrogen and oxygen atoms in total. The van der Waals surface area contributed by atoms with Gasteiger partial charge in [-0.1, -0.05) is 29.8 Å². The molecule has 3 aromatic heterocycles. The van der Waals surface area contributed by atoms with E-state index in [2.05, 4.69) is 51.2 Å². The van der Waals surface area contributed by atoms with Crippen molar-refractivity contribution in [3.05, 3.63) is 59.7 Å². The summed E-state index contributed by atoms with van der Waals surface area (Å²) in [6.07, 6.45) is 3.40. The molecule has 4 aromatic rings. The third-order valence-corrected chi connectivity index (χ3v) is 4.41. The number of hydrogen-bond donors (Lipinski definition) is 1. The molecular formula is C17H14N6S. The molecular weight excluding hydrogens is 320 g/mol. The van der Waals surface area contributed by atoms with Crippen LogP contribution in [0.4, 0.5) is 5.95 Å². The van der Waals surface area contributed by atoms with Crippen LogP contribution >= 0.6 is 11.3 Å². The lowest BCUT2D eigenvalue weighted by Gasteiger charge is -1.98. The van der Waals surface area contributed by atoms with Crippen molar-refractivity contribution in [3.63, 3.8) is 0 Å². The van der Waals surface area contributed by atoms with E-state index in [0.717, 1.165) is 16.8 Å². The van der Waals surface area contributed by atoms with E-state index in [-0.39, 0.29) is 0 Å². The van der Waals surface area contributed by atoms with Crippen LogP contribution in [0.2, 0.25) is 0 Å². The molecule has 4 rings (SSSR count). The van der Waals surface area contributed by atoms with Crippen LogP contribution in [0.25, 0.3) is 27.8 Å². The van der Waals surface area contributed by atoms with Gasteiger partial charge in [-0.05, 0) is 19.1 Å². The second kappa shape index (κ2) is 5.86. The fraction of sp³-hybridized carbons (Fsp3) is 0.0588. The molecule has 3 heterocycles. The van der Waals surface area contributed by atoms with Gasteiger partial charge in [0.15, 0.2) is 5.82 Å². The molecule has 0 aliphatic heterocycles. The number of nitrogen functional groups attached to an aromatic ring is 1. The highest BCUT2D eigenvalue weighted by atomic mass is 32.1. The Morgan fingerprint density at radius 2 is 1.71 bits per heavy atom. The lowest BCUT2D eigenvalue weighted by Crippen LogP contribution is -2.01. The summed E-state index contributed by atoms with van der Waals surface area (Å²) in [7, 11) is 0. The molecule has 1 aromatic carbocycles. The first-order valence-corrected chi connectivity index (χ1v) is 8.24. The van der Waals surface area contributed by atoms with Crippen LogP contribution in [-0.2, 0) is 0 Å². The van der Waals surface area contributed by atoms with E-state index in [4.69, 9.17) is 5.73 Å². The summed E-state index contributed by atoms with van der Waals surface area (Å²) in [5, 5.41) is 7.16. The van der Waals surface area contributed by atoms with Crippen molar-refractivity contribution in [2.75, 3.05) is 5.73 Å². The number of rotatable bonds is 3. The van der Waals surface area contributed by atoms with Gasteiger partial charge in [-0.15, -0.1) is 16.4 Å². The first-order chi connectivity index (χ1) is 11.7. The Morgan fingerprint density at radius 3 is 2.46 bits per heavy atom. The van der Waals surface area contributed by atoms with Crippen molar-refractivity contribution in [2.45, 2.75) is 6.92 Å². The Hall–Kier alpha value is -3.06. The molecule has 0 amide bonds. The zero-order valence-electron chi connectivity index (χ0n) is 12.9. The largest absolute Gasteiger partial charge is 0.368 e. The Balaban J connectivity index is 1.70. The van der Waals surface area contributed by atoms with Crippen LogP contribution in [0.5, 0.6) is 0 Å². The number of benzene rings is 1.